The molecule has 150 valence electrons. The third-order valence-corrected chi connectivity index (χ3v) is 5.06. The van der Waals surface area contributed by atoms with Gasteiger partial charge in [0.05, 0.1) is 11.9 Å². The summed E-state index contributed by atoms with van der Waals surface area (Å²) in [5.41, 5.74) is 0.693. The van der Waals surface area contributed by atoms with Gasteiger partial charge in [0.1, 0.15) is 23.9 Å². The van der Waals surface area contributed by atoms with Crippen molar-refractivity contribution in [2.75, 3.05) is 22.4 Å². The van der Waals surface area contributed by atoms with Crippen molar-refractivity contribution >= 4 is 27.3 Å². The molecule has 0 saturated carbocycles. The van der Waals surface area contributed by atoms with Crippen LogP contribution in [0.4, 0.5) is 15.8 Å². The zero-order chi connectivity index (χ0) is 20.9. The molecule has 0 atom stereocenters. The third kappa shape index (κ3) is 5.79. The van der Waals surface area contributed by atoms with Gasteiger partial charge in [0, 0.05) is 5.69 Å². The molecule has 8 heteroatoms. The zero-order valence-corrected chi connectivity index (χ0v) is 16.4. The van der Waals surface area contributed by atoms with Gasteiger partial charge in [0.2, 0.25) is 15.9 Å². The number of anilines is 2. The first-order valence-corrected chi connectivity index (χ1v) is 10.5. The second-order valence-electron chi connectivity index (χ2n) is 6.23. The highest BCUT2D eigenvalue weighted by Gasteiger charge is 2.21. The fourth-order valence-electron chi connectivity index (χ4n) is 2.57. The minimum absolute atomic E-state index is 0.321. The Morgan fingerprint density at radius 3 is 2.10 bits per heavy atom. The maximum absolute atomic E-state index is 13.0. The van der Waals surface area contributed by atoms with Crippen molar-refractivity contribution in [1.82, 2.24) is 0 Å². The van der Waals surface area contributed by atoms with Crippen LogP contribution in [0, 0.1) is 5.82 Å². The number of sulfonamides is 1. The molecule has 0 aliphatic heterocycles. The summed E-state index contributed by atoms with van der Waals surface area (Å²) in [5.74, 6) is 0.202. The Bertz CT molecular complexity index is 1070. The standard InChI is InChI=1S/C21H19FN2O4S/c1-29(26,27)24(15-21(25)23-17-9-7-16(22)8-10-17)18-11-13-20(14-12-18)28-19-5-3-2-4-6-19/h2-14H,15H2,1H3,(H,23,25). The maximum Gasteiger partial charge on any atom is 0.245 e. The smallest absolute Gasteiger partial charge is 0.245 e. The number of halogens is 1. The van der Waals surface area contributed by atoms with Crippen LogP contribution in [0.1, 0.15) is 0 Å². The van der Waals surface area contributed by atoms with E-state index in [1.165, 1.54) is 24.3 Å². The molecule has 3 aromatic carbocycles. The first-order valence-electron chi connectivity index (χ1n) is 8.67. The number of hydrogen-bond donors (Lipinski definition) is 1. The summed E-state index contributed by atoms with van der Waals surface area (Å²) in [6, 6.07) is 20.7. The van der Waals surface area contributed by atoms with Gasteiger partial charge in [-0.2, -0.15) is 0 Å². The summed E-state index contributed by atoms with van der Waals surface area (Å²) in [6.07, 6.45) is 1.02. The van der Waals surface area contributed by atoms with Crippen molar-refractivity contribution in [2.45, 2.75) is 0 Å². The highest BCUT2D eigenvalue weighted by Crippen LogP contribution is 2.25. The Kier molecular flexibility index (Phi) is 6.13. The van der Waals surface area contributed by atoms with Gasteiger partial charge in [0.15, 0.2) is 0 Å². The van der Waals surface area contributed by atoms with E-state index in [2.05, 4.69) is 5.32 Å². The fraction of sp³-hybridized carbons (Fsp3) is 0.0952. The Hall–Kier alpha value is -3.39. The molecule has 0 unspecified atom stereocenters. The second kappa shape index (κ2) is 8.74. The highest BCUT2D eigenvalue weighted by atomic mass is 32.2. The molecule has 6 nitrogen and oxygen atoms in total. The van der Waals surface area contributed by atoms with E-state index >= 15 is 0 Å². The molecule has 29 heavy (non-hydrogen) atoms. The monoisotopic (exact) mass is 414 g/mol. The molecule has 0 radical (unpaired) electrons. The van der Waals surface area contributed by atoms with Crippen molar-refractivity contribution in [2.24, 2.45) is 0 Å². The molecule has 0 spiro atoms. The Morgan fingerprint density at radius 1 is 0.931 bits per heavy atom. The summed E-state index contributed by atoms with van der Waals surface area (Å²) in [5, 5.41) is 2.55. The zero-order valence-electron chi connectivity index (χ0n) is 15.6. The van der Waals surface area contributed by atoms with Crippen molar-refractivity contribution in [3.8, 4) is 11.5 Å². The minimum Gasteiger partial charge on any atom is -0.457 e. The van der Waals surface area contributed by atoms with Gasteiger partial charge in [-0.1, -0.05) is 18.2 Å². The molecule has 3 aromatic rings. The lowest BCUT2D eigenvalue weighted by atomic mass is 10.3. The predicted molar refractivity (Wildman–Crippen MR) is 110 cm³/mol. The van der Waals surface area contributed by atoms with E-state index < -0.39 is 28.3 Å². The van der Waals surface area contributed by atoms with Gasteiger partial charge in [-0.3, -0.25) is 9.10 Å². The van der Waals surface area contributed by atoms with E-state index in [-0.39, 0.29) is 0 Å². The largest absolute Gasteiger partial charge is 0.457 e. The van der Waals surface area contributed by atoms with Crippen LogP contribution in [0.3, 0.4) is 0 Å². The van der Waals surface area contributed by atoms with E-state index in [0.717, 1.165) is 10.6 Å². The average molecular weight is 414 g/mol. The molecule has 0 aliphatic rings. The van der Waals surface area contributed by atoms with Crippen molar-refractivity contribution in [3.63, 3.8) is 0 Å². The van der Waals surface area contributed by atoms with Crippen LogP contribution < -0.4 is 14.4 Å². The quantitative estimate of drug-likeness (QED) is 0.634. The van der Waals surface area contributed by atoms with Crippen molar-refractivity contribution < 1.29 is 22.3 Å². The van der Waals surface area contributed by atoms with Crippen LogP contribution in [-0.2, 0) is 14.8 Å². The number of carbonyl (C=O) groups is 1. The first-order chi connectivity index (χ1) is 13.8. The van der Waals surface area contributed by atoms with E-state index in [4.69, 9.17) is 4.74 Å². The Labute approximate surface area is 168 Å². The Morgan fingerprint density at radius 2 is 1.52 bits per heavy atom. The van der Waals surface area contributed by atoms with Crippen molar-refractivity contribution in [1.29, 1.82) is 0 Å². The number of amides is 1. The van der Waals surface area contributed by atoms with Gasteiger partial charge in [-0.15, -0.1) is 0 Å². The van der Waals surface area contributed by atoms with Crippen LogP contribution in [0.5, 0.6) is 11.5 Å². The molecule has 3 rings (SSSR count). The molecule has 0 saturated heterocycles. The van der Waals surface area contributed by atoms with Crippen LogP contribution >= 0.6 is 0 Å². The van der Waals surface area contributed by atoms with E-state index in [0.29, 0.717) is 22.9 Å². The molecule has 0 heterocycles. The lowest BCUT2D eigenvalue weighted by molar-refractivity contribution is -0.114. The number of hydrogen-bond acceptors (Lipinski definition) is 4. The van der Waals surface area contributed by atoms with Gasteiger partial charge < -0.3 is 10.1 Å². The third-order valence-electron chi connectivity index (χ3n) is 3.92. The number of ether oxygens (including phenoxy) is 1. The SMILES string of the molecule is CS(=O)(=O)N(CC(=O)Nc1ccc(F)cc1)c1ccc(Oc2ccccc2)cc1. The number of carbonyl (C=O) groups excluding carboxylic acids is 1. The average Bonchev–Trinajstić information content (AvgIpc) is 2.69. The second-order valence-corrected chi connectivity index (χ2v) is 8.14. The van der Waals surface area contributed by atoms with Gasteiger partial charge in [-0.05, 0) is 60.7 Å². The van der Waals surface area contributed by atoms with Crippen LogP contribution in [-0.4, -0.2) is 27.1 Å². The Balaban J connectivity index is 1.73. The number of nitrogens with one attached hydrogen (secondary N) is 1. The summed E-state index contributed by atoms with van der Waals surface area (Å²) < 4.78 is 44.1. The number of nitrogens with zero attached hydrogens (tertiary/aromatic N) is 1. The lowest BCUT2D eigenvalue weighted by Crippen LogP contribution is -2.37. The molecular weight excluding hydrogens is 395 g/mol. The molecule has 0 fully saturated rings. The number of benzene rings is 3. The highest BCUT2D eigenvalue weighted by molar-refractivity contribution is 7.92. The van der Waals surface area contributed by atoms with Crippen LogP contribution in [0.2, 0.25) is 0 Å². The van der Waals surface area contributed by atoms with E-state index in [9.17, 15) is 17.6 Å². The summed E-state index contributed by atoms with van der Waals surface area (Å²) >= 11 is 0. The maximum atomic E-state index is 13.0. The van der Waals surface area contributed by atoms with Crippen molar-refractivity contribution in [3.05, 3.63) is 84.7 Å². The topological polar surface area (TPSA) is 75.7 Å². The predicted octanol–water partition coefficient (Wildman–Crippen LogP) is 4.02. The summed E-state index contributed by atoms with van der Waals surface area (Å²) in [6.45, 7) is -0.422. The lowest BCUT2D eigenvalue weighted by Gasteiger charge is -2.22. The number of rotatable bonds is 7. The minimum atomic E-state index is -3.71. The summed E-state index contributed by atoms with van der Waals surface area (Å²) in [7, 11) is -3.71. The van der Waals surface area contributed by atoms with Gasteiger partial charge in [-0.25, -0.2) is 12.8 Å². The normalized spacial score (nSPS) is 11.0. The molecule has 1 N–H and O–H groups in total. The number of para-hydroxylation sites is 1. The van der Waals surface area contributed by atoms with E-state index in [1.54, 1.807) is 36.4 Å². The fourth-order valence-corrected chi connectivity index (χ4v) is 3.43. The molecule has 0 aromatic heterocycles. The molecule has 1 amide bonds. The first kappa shape index (κ1) is 20.3. The van der Waals surface area contributed by atoms with Crippen LogP contribution in [0.25, 0.3) is 0 Å². The van der Waals surface area contributed by atoms with E-state index in [1.807, 2.05) is 18.2 Å². The molecule has 0 aliphatic carbocycles. The van der Waals surface area contributed by atoms with Crippen LogP contribution in [0.15, 0.2) is 78.9 Å². The van der Waals surface area contributed by atoms with Gasteiger partial charge >= 0.3 is 0 Å². The molecular formula is C21H19FN2O4S. The summed E-state index contributed by atoms with van der Waals surface area (Å²) in [4.78, 5) is 12.3. The molecule has 0 bridgehead atoms. The van der Waals surface area contributed by atoms with Gasteiger partial charge in [0.25, 0.3) is 0 Å².